The van der Waals surface area contributed by atoms with Crippen LogP contribution in [-0.4, -0.2) is 25.0 Å². The van der Waals surface area contributed by atoms with Gasteiger partial charge >= 0.3 is 5.63 Å². The largest absolute Gasteiger partial charge is 0.481 e. The number of nitrogens with zero attached hydrogens (tertiary/aromatic N) is 1. The molecule has 4 rings (SSSR count). The molecule has 3 aromatic rings. The fourth-order valence-corrected chi connectivity index (χ4v) is 3.27. The van der Waals surface area contributed by atoms with E-state index >= 15 is 0 Å². The Morgan fingerprint density at radius 1 is 1.14 bits per heavy atom. The number of amides is 2. The molecule has 2 amide bonds. The second-order valence-electron chi connectivity index (χ2n) is 7.31. The first-order valence-electron chi connectivity index (χ1n) is 9.34. The molecule has 0 aliphatic carbocycles. The van der Waals surface area contributed by atoms with Crippen molar-refractivity contribution in [3.05, 3.63) is 64.5 Å². The third-order valence-electron chi connectivity index (χ3n) is 4.59. The van der Waals surface area contributed by atoms with E-state index in [9.17, 15) is 14.4 Å². The molecule has 1 aliphatic heterocycles. The van der Waals surface area contributed by atoms with E-state index in [1.165, 1.54) is 6.07 Å². The fraction of sp³-hybridized carbons (Fsp3) is 0.227. The van der Waals surface area contributed by atoms with E-state index < -0.39 is 11.5 Å². The Morgan fingerprint density at radius 3 is 2.72 bits per heavy atom. The Morgan fingerprint density at radius 2 is 1.93 bits per heavy atom. The molecule has 0 unspecified atom stereocenters. The first-order valence-corrected chi connectivity index (χ1v) is 9.34. The standard InChI is InChI=1S/C22H20N2O5/c1-13(2)11-24-17-8-7-15(10-19(17)28-12-20(24)25)23-21(26)16-9-14-5-3-4-6-18(14)29-22(16)27/h3-10,13H,11-12H2,1-2H3,(H,23,26). The number of ether oxygens (including phenoxy) is 1. The van der Waals surface area contributed by atoms with Crippen molar-refractivity contribution in [3.63, 3.8) is 0 Å². The van der Waals surface area contributed by atoms with Crippen molar-refractivity contribution in [1.29, 1.82) is 0 Å². The Hall–Kier alpha value is -3.61. The summed E-state index contributed by atoms with van der Waals surface area (Å²) in [6.45, 7) is 4.60. The normalized spacial score (nSPS) is 13.3. The van der Waals surface area contributed by atoms with Crippen LogP contribution in [-0.2, 0) is 4.79 Å². The SMILES string of the molecule is CC(C)CN1C(=O)COc2cc(NC(=O)c3cc4ccccc4oc3=O)ccc21. The second-order valence-corrected chi connectivity index (χ2v) is 7.31. The average molecular weight is 392 g/mol. The Bertz CT molecular complexity index is 1170. The maximum absolute atomic E-state index is 12.6. The molecule has 1 N–H and O–H groups in total. The van der Waals surface area contributed by atoms with Crippen LogP contribution in [0.1, 0.15) is 24.2 Å². The molecular formula is C22H20N2O5. The van der Waals surface area contributed by atoms with Gasteiger partial charge in [-0.3, -0.25) is 9.59 Å². The molecule has 0 fully saturated rings. The molecule has 7 nitrogen and oxygen atoms in total. The van der Waals surface area contributed by atoms with Gasteiger partial charge in [0.25, 0.3) is 11.8 Å². The summed E-state index contributed by atoms with van der Waals surface area (Å²) < 4.78 is 10.8. The lowest BCUT2D eigenvalue weighted by Gasteiger charge is -2.30. The molecule has 0 spiro atoms. The molecule has 2 aromatic carbocycles. The summed E-state index contributed by atoms with van der Waals surface area (Å²) >= 11 is 0. The van der Waals surface area contributed by atoms with Gasteiger partial charge in [0.05, 0.1) is 5.69 Å². The molecule has 29 heavy (non-hydrogen) atoms. The third-order valence-corrected chi connectivity index (χ3v) is 4.59. The van der Waals surface area contributed by atoms with Crippen molar-refractivity contribution in [1.82, 2.24) is 0 Å². The topological polar surface area (TPSA) is 88.8 Å². The molecule has 7 heteroatoms. The van der Waals surface area contributed by atoms with Gasteiger partial charge in [0, 0.05) is 23.7 Å². The van der Waals surface area contributed by atoms with E-state index in [0.29, 0.717) is 40.6 Å². The van der Waals surface area contributed by atoms with Crippen LogP contribution >= 0.6 is 0 Å². The van der Waals surface area contributed by atoms with Gasteiger partial charge in [-0.15, -0.1) is 0 Å². The maximum atomic E-state index is 12.6. The quantitative estimate of drug-likeness (QED) is 0.687. The van der Waals surface area contributed by atoms with Crippen molar-refractivity contribution in [3.8, 4) is 5.75 Å². The van der Waals surface area contributed by atoms with Crippen LogP contribution in [0.25, 0.3) is 11.0 Å². The summed E-state index contributed by atoms with van der Waals surface area (Å²) in [6, 6.07) is 13.6. The zero-order valence-corrected chi connectivity index (χ0v) is 16.1. The predicted octanol–water partition coefficient (Wildman–Crippen LogP) is 3.43. The number of carbonyl (C=O) groups excluding carboxylic acids is 2. The van der Waals surface area contributed by atoms with Crippen LogP contribution in [0.3, 0.4) is 0 Å². The van der Waals surface area contributed by atoms with Gasteiger partial charge in [-0.05, 0) is 30.2 Å². The van der Waals surface area contributed by atoms with Crippen LogP contribution in [0, 0.1) is 5.92 Å². The number of para-hydroxylation sites is 1. The van der Waals surface area contributed by atoms with Crippen molar-refractivity contribution < 1.29 is 18.7 Å². The third kappa shape index (κ3) is 3.71. The minimum atomic E-state index is -0.705. The highest BCUT2D eigenvalue weighted by Crippen LogP contribution is 2.35. The van der Waals surface area contributed by atoms with Crippen molar-refractivity contribution in [2.45, 2.75) is 13.8 Å². The van der Waals surface area contributed by atoms with Gasteiger partial charge < -0.3 is 19.4 Å². The molecule has 0 saturated heterocycles. The monoisotopic (exact) mass is 392 g/mol. The molecule has 1 aromatic heterocycles. The predicted molar refractivity (Wildman–Crippen MR) is 110 cm³/mol. The van der Waals surface area contributed by atoms with Gasteiger partial charge in [-0.2, -0.15) is 0 Å². The van der Waals surface area contributed by atoms with Gasteiger partial charge in [-0.25, -0.2) is 4.79 Å². The lowest BCUT2D eigenvalue weighted by atomic mass is 10.1. The van der Waals surface area contributed by atoms with Gasteiger partial charge in [0.15, 0.2) is 6.61 Å². The van der Waals surface area contributed by atoms with Gasteiger partial charge in [0.2, 0.25) is 0 Å². The minimum Gasteiger partial charge on any atom is -0.481 e. The molecule has 0 saturated carbocycles. The molecular weight excluding hydrogens is 372 g/mol. The molecule has 0 radical (unpaired) electrons. The maximum Gasteiger partial charge on any atom is 0.349 e. The van der Waals surface area contributed by atoms with Crippen molar-refractivity contribution in [2.24, 2.45) is 5.92 Å². The zero-order valence-electron chi connectivity index (χ0n) is 16.1. The molecule has 0 atom stereocenters. The van der Waals surface area contributed by atoms with Crippen LogP contribution < -0.4 is 20.6 Å². The summed E-state index contributed by atoms with van der Waals surface area (Å²) in [5, 5.41) is 3.36. The molecule has 1 aliphatic rings. The lowest BCUT2D eigenvalue weighted by Crippen LogP contribution is -2.40. The average Bonchev–Trinajstić information content (AvgIpc) is 2.69. The Kier molecular flexibility index (Phi) is 4.80. The summed E-state index contributed by atoms with van der Waals surface area (Å²) in [7, 11) is 0. The number of anilines is 2. The van der Waals surface area contributed by atoms with E-state index in [2.05, 4.69) is 5.32 Å². The highest BCUT2D eigenvalue weighted by molar-refractivity contribution is 6.06. The van der Waals surface area contributed by atoms with Crippen molar-refractivity contribution in [2.75, 3.05) is 23.4 Å². The summed E-state index contributed by atoms with van der Waals surface area (Å²) in [5.41, 5.74) is 0.757. The van der Waals surface area contributed by atoms with Gasteiger partial charge in [-0.1, -0.05) is 32.0 Å². The number of nitrogens with one attached hydrogen (secondary N) is 1. The Labute approximate surface area is 166 Å². The highest BCUT2D eigenvalue weighted by atomic mass is 16.5. The number of hydrogen-bond acceptors (Lipinski definition) is 5. The second kappa shape index (κ2) is 7.43. The molecule has 0 bridgehead atoms. The number of benzene rings is 2. The van der Waals surface area contributed by atoms with Crippen molar-refractivity contribution >= 4 is 34.2 Å². The minimum absolute atomic E-state index is 0.0502. The fourth-order valence-electron chi connectivity index (χ4n) is 3.27. The van der Waals surface area contributed by atoms with E-state index in [1.54, 1.807) is 47.4 Å². The van der Waals surface area contributed by atoms with Crippen LogP contribution in [0.4, 0.5) is 11.4 Å². The van der Waals surface area contributed by atoms with E-state index in [-0.39, 0.29) is 18.1 Å². The van der Waals surface area contributed by atoms with Gasteiger partial charge in [0.1, 0.15) is 16.9 Å². The van der Waals surface area contributed by atoms with E-state index in [4.69, 9.17) is 9.15 Å². The molecule has 148 valence electrons. The number of fused-ring (bicyclic) bond motifs is 2. The first-order chi connectivity index (χ1) is 13.9. The van der Waals surface area contributed by atoms with E-state index in [1.807, 2.05) is 13.8 Å². The first kappa shape index (κ1) is 18.7. The van der Waals surface area contributed by atoms with E-state index in [0.717, 1.165) is 0 Å². The molecule has 2 heterocycles. The number of carbonyl (C=O) groups is 2. The summed E-state index contributed by atoms with van der Waals surface area (Å²) in [6.07, 6.45) is 0. The van der Waals surface area contributed by atoms with Crippen LogP contribution in [0.2, 0.25) is 0 Å². The lowest BCUT2D eigenvalue weighted by molar-refractivity contribution is -0.121. The number of hydrogen-bond donors (Lipinski definition) is 1. The van der Waals surface area contributed by atoms with Crippen LogP contribution in [0.15, 0.2) is 57.7 Å². The highest BCUT2D eigenvalue weighted by Gasteiger charge is 2.26. The van der Waals surface area contributed by atoms with Crippen LogP contribution in [0.5, 0.6) is 5.75 Å². The summed E-state index contributed by atoms with van der Waals surface area (Å²) in [4.78, 5) is 38.7. The summed E-state index contributed by atoms with van der Waals surface area (Å²) in [5.74, 6) is 0.136. The Balaban J connectivity index is 1.61. The smallest absolute Gasteiger partial charge is 0.349 e. The number of rotatable bonds is 4. The zero-order chi connectivity index (χ0) is 20.5.